The fraction of sp³-hybridized carbons (Fsp3) is 0.364. The molecule has 5 nitrogen and oxygen atoms in total. The largest absolute Gasteiger partial charge is 0.383 e. The molecule has 90 valence electrons. The Kier molecular flexibility index (Phi) is 3.60. The van der Waals surface area contributed by atoms with E-state index in [4.69, 9.17) is 5.73 Å². The van der Waals surface area contributed by atoms with E-state index in [0.717, 1.165) is 27.9 Å². The minimum atomic E-state index is 0.538. The highest BCUT2D eigenvalue weighted by atomic mass is 127. The molecule has 0 aliphatic heterocycles. The summed E-state index contributed by atoms with van der Waals surface area (Å²) in [6.45, 7) is 4.96. The van der Waals surface area contributed by atoms with E-state index in [1.54, 1.807) is 12.5 Å². The molecule has 0 aliphatic rings. The number of anilines is 1. The normalized spacial score (nSPS) is 10.8. The van der Waals surface area contributed by atoms with Crippen LogP contribution in [0.25, 0.3) is 11.5 Å². The maximum absolute atomic E-state index is 5.91. The smallest absolute Gasteiger partial charge is 0.180 e. The molecule has 0 spiro atoms. The van der Waals surface area contributed by atoms with E-state index in [9.17, 15) is 0 Å². The van der Waals surface area contributed by atoms with E-state index in [1.807, 2.05) is 4.57 Å². The van der Waals surface area contributed by atoms with Crippen LogP contribution in [0.15, 0.2) is 12.5 Å². The highest BCUT2D eigenvalue weighted by Crippen LogP contribution is 2.22. The van der Waals surface area contributed by atoms with E-state index in [2.05, 4.69) is 51.4 Å². The Labute approximate surface area is 114 Å². The first-order valence-corrected chi connectivity index (χ1v) is 6.57. The van der Waals surface area contributed by atoms with Crippen molar-refractivity contribution >= 4 is 28.4 Å². The fourth-order valence-corrected chi connectivity index (χ4v) is 2.24. The lowest BCUT2D eigenvalue weighted by Gasteiger charge is -2.08. The summed E-state index contributed by atoms with van der Waals surface area (Å²) in [6.07, 6.45) is 4.39. The van der Waals surface area contributed by atoms with Crippen molar-refractivity contribution in [1.29, 1.82) is 0 Å². The molecule has 0 saturated heterocycles. The Morgan fingerprint density at radius 1 is 1.35 bits per heavy atom. The van der Waals surface area contributed by atoms with Crippen molar-refractivity contribution in [1.82, 2.24) is 19.5 Å². The minimum Gasteiger partial charge on any atom is -0.383 e. The topological polar surface area (TPSA) is 69.6 Å². The quantitative estimate of drug-likeness (QED) is 0.867. The van der Waals surface area contributed by atoms with Crippen LogP contribution in [0.3, 0.4) is 0 Å². The van der Waals surface area contributed by atoms with E-state index in [0.29, 0.717) is 11.6 Å². The van der Waals surface area contributed by atoms with Gasteiger partial charge in [-0.05, 0) is 35.9 Å². The van der Waals surface area contributed by atoms with Crippen molar-refractivity contribution in [2.45, 2.75) is 26.8 Å². The Balaban J connectivity index is 2.57. The lowest BCUT2D eigenvalue weighted by atomic mass is 10.3. The molecule has 2 N–H and O–H groups in total. The standard InChI is InChI=1S/C11H14IN5/c1-3-7-9(12)10(13)16-11(15-7)8-5-14-6-17(8)4-2/h5-6H,3-4H2,1-2H3,(H2,13,15,16). The monoisotopic (exact) mass is 343 g/mol. The third-order valence-electron chi connectivity index (χ3n) is 2.56. The van der Waals surface area contributed by atoms with Gasteiger partial charge in [0.2, 0.25) is 0 Å². The van der Waals surface area contributed by atoms with Gasteiger partial charge in [0.05, 0.1) is 21.8 Å². The zero-order valence-electron chi connectivity index (χ0n) is 9.81. The zero-order valence-corrected chi connectivity index (χ0v) is 12.0. The number of nitrogens with two attached hydrogens (primary N) is 1. The van der Waals surface area contributed by atoms with Gasteiger partial charge in [-0.15, -0.1) is 0 Å². The van der Waals surface area contributed by atoms with Gasteiger partial charge in [-0.1, -0.05) is 6.92 Å². The predicted molar refractivity (Wildman–Crippen MR) is 75.4 cm³/mol. The fourth-order valence-electron chi connectivity index (χ4n) is 1.62. The summed E-state index contributed by atoms with van der Waals surface area (Å²) in [5, 5.41) is 0. The van der Waals surface area contributed by atoms with Gasteiger partial charge in [-0.2, -0.15) is 0 Å². The molecular weight excluding hydrogens is 329 g/mol. The maximum atomic E-state index is 5.91. The van der Waals surface area contributed by atoms with Gasteiger partial charge in [-0.3, -0.25) is 0 Å². The van der Waals surface area contributed by atoms with E-state index in [-0.39, 0.29) is 0 Å². The highest BCUT2D eigenvalue weighted by Gasteiger charge is 2.12. The molecular formula is C11H14IN5. The summed E-state index contributed by atoms with van der Waals surface area (Å²) in [7, 11) is 0. The van der Waals surface area contributed by atoms with Gasteiger partial charge < -0.3 is 10.3 Å². The van der Waals surface area contributed by atoms with Crippen molar-refractivity contribution in [2.24, 2.45) is 0 Å². The van der Waals surface area contributed by atoms with Crippen molar-refractivity contribution in [3.8, 4) is 11.5 Å². The van der Waals surface area contributed by atoms with Gasteiger partial charge in [-0.25, -0.2) is 15.0 Å². The Bertz CT molecular complexity index is 535. The van der Waals surface area contributed by atoms with Crippen LogP contribution in [0.2, 0.25) is 0 Å². The van der Waals surface area contributed by atoms with Crippen LogP contribution in [0.1, 0.15) is 19.5 Å². The van der Waals surface area contributed by atoms with Crippen molar-refractivity contribution in [3.63, 3.8) is 0 Å². The van der Waals surface area contributed by atoms with Gasteiger partial charge in [0.1, 0.15) is 11.5 Å². The van der Waals surface area contributed by atoms with Crippen LogP contribution < -0.4 is 5.73 Å². The first-order chi connectivity index (χ1) is 8.17. The number of aromatic nitrogens is 4. The number of nitrogen functional groups attached to an aromatic ring is 1. The molecule has 2 rings (SSSR count). The Morgan fingerprint density at radius 2 is 2.12 bits per heavy atom. The molecule has 0 aliphatic carbocycles. The molecule has 2 heterocycles. The zero-order chi connectivity index (χ0) is 12.4. The number of aryl methyl sites for hydroxylation is 2. The van der Waals surface area contributed by atoms with Crippen molar-refractivity contribution < 1.29 is 0 Å². The second-order valence-electron chi connectivity index (χ2n) is 3.61. The average molecular weight is 343 g/mol. The molecule has 0 radical (unpaired) electrons. The lowest BCUT2D eigenvalue weighted by Crippen LogP contribution is -2.06. The average Bonchev–Trinajstić information content (AvgIpc) is 2.80. The summed E-state index contributed by atoms with van der Waals surface area (Å²) >= 11 is 2.19. The molecule has 0 fully saturated rings. The summed E-state index contributed by atoms with van der Waals surface area (Å²) in [5.41, 5.74) is 7.80. The number of hydrogen-bond acceptors (Lipinski definition) is 4. The maximum Gasteiger partial charge on any atom is 0.180 e. The van der Waals surface area contributed by atoms with Gasteiger partial charge >= 0.3 is 0 Å². The van der Waals surface area contributed by atoms with Crippen LogP contribution in [-0.4, -0.2) is 19.5 Å². The molecule has 2 aromatic heterocycles. The highest BCUT2D eigenvalue weighted by molar-refractivity contribution is 14.1. The number of imidazole rings is 1. The van der Waals surface area contributed by atoms with Gasteiger partial charge in [0.25, 0.3) is 0 Å². The van der Waals surface area contributed by atoms with Gasteiger partial charge in [0.15, 0.2) is 5.82 Å². The Hall–Kier alpha value is -1.18. The molecule has 0 saturated carbocycles. The first kappa shape index (κ1) is 12.3. The molecule has 0 aromatic carbocycles. The van der Waals surface area contributed by atoms with E-state index in [1.165, 1.54) is 0 Å². The molecule has 2 aromatic rings. The Morgan fingerprint density at radius 3 is 2.76 bits per heavy atom. The van der Waals surface area contributed by atoms with Crippen LogP contribution in [0.4, 0.5) is 5.82 Å². The lowest BCUT2D eigenvalue weighted by molar-refractivity contribution is 0.762. The van der Waals surface area contributed by atoms with Crippen LogP contribution in [0.5, 0.6) is 0 Å². The minimum absolute atomic E-state index is 0.538. The number of nitrogens with zero attached hydrogens (tertiary/aromatic N) is 4. The molecule has 0 unspecified atom stereocenters. The van der Waals surface area contributed by atoms with E-state index < -0.39 is 0 Å². The summed E-state index contributed by atoms with van der Waals surface area (Å²) in [6, 6.07) is 0. The van der Waals surface area contributed by atoms with Crippen LogP contribution in [-0.2, 0) is 13.0 Å². The summed E-state index contributed by atoms with van der Waals surface area (Å²) < 4.78 is 2.94. The molecule has 0 amide bonds. The molecule has 6 heteroatoms. The van der Waals surface area contributed by atoms with E-state index >= 15 is 0 Å². The van der Waals surface area contributed by atoms with Crippen LogP contribution >= 0.6 is 22.6 Å². The second kappa shape index (κ2) is 4.99. The molecule has 17 heavy (non-hydrogen) atoms. The van der Waals surface area contributed by atoms with Crippen molar-refractivity contribution in [2.75, 3.05) is 5.73 Å². The third-order valence-corrected chi connectivity index (χ3v) is 3.74. The second-order valence-corrected chi connectivity index (χ2v) is 4.69. The van der Waals surface area contributed by atoms with Crippen LogP contribution in [0, 0.1) is 3.57 Å². The SMILES string of the molecule is CCc1nc(-c2cncn2CC)nc(N)c1I. The first-order valence-electron chi connectivity index (χ1n) is 5.49. The van der Waals surface area contributed by atoms with Gasteiger partial charge in [0, 0.05) is 6.54 Å². The van der Waals surface area contributed by atoms with Crippen molar-refractivity contribution in [3.05, 3.63) is 21.8 Å². The summed E-state index contributed by atoms with van der Waals surface area (Å²) in [4.78, 5) is 13.0. The number of halogens is 1. The molecule has 0 bridgehead atoms. The predicted octanol–water partition coefficient (Wildman–Crippen LogP) is 2.11. The molecule has 0 atom stereocenters. The number of hydrogen-bond donors (Lipinski definition) is 1. The summed E-state index contributed by atoms with van der Waals surface area (Å²) in [5.74, 6) is 1.19. The number of rotatable bonds is 3. The third kappa shape index (κ3) is 2.26.